The van der Waals surface area contributed by atoms with Gasteiger partial charge in [0.05, 0.1) is 6.04 Å². The molecular formula is C12H13NO2. The minimum atomic E-state index is -0.396. The first-order chi connectivity index (χ1) is 7.29. The number of nitrogens with zero attached hydrogens (tertiary/aromatic N) is 1. The van der Waals surface area contributed by atoms with Crippen molar-refractivity contribution in [1.29, 1.82) is 0 Å². The highest BCUT2D eigenvalue weighted by molar-refractivity contribution is 6.02. The fourth-order valence-corrected chi connectivity index (χ4v) is 2.56. The van der Waals surface area contributed by atoms with Crippen molar-refractivity contribution in [3.63, 3.8) is 0 Å². The third kappa shape index (κ3) is 1.31. The zero-order valence-corrected chi connectivity index (χ0v) is 8.34. The summed E-state index contributed by atoms with van der Waals surface area (Å²) in [4.78, 5) is 13.9. The lowest BCUT2D eigenvalue weighted by Gasteiger charge is -2.08. The van der Waals surface area contributed by atoms with E-state index >= 15 is 0 Å². The molecule has 0 saturated carbocycles. The van der Waals surface area contributed by atoms with Crippen molar-refractivity contribution < 1.29 is 9.90 Å². The molecule has 0 aromatic heterocycles. The lowest BCUT2D eigenvalue weighted by atomic mass is 10.0. The van der Waals surface area contributed by atoms with Crippen molar-refractivity contribution >= 4 is 5.78 Å². The molecule has 0 radical (unpaired) electrons. The SMILES string of the molecule is O=C(c1ccccc1)C1C2CCC(O)N21. The van der Waals surface area contributed by atoms with Crippen LogP contribution in [0.1, 0.15) is 23.2 Å². The number of fused-ring (bicyclic) bond motifs is 1. The summed E-state index contributed by atoms with van der Waals surface area (Å²) >= 11 is 0. The van der Waals surface area contributed by atoms with Crippen molar-refractivity contribution in [2.45, 2.75) is 31.2 Å². The first kappa shape index (κ1) is 9.07. The molecule has 3 heteroatoms. The molecule has 4 atom stereocenters. The Kier molecular flexibility index (Phi) is 1.90. The maximum absolute atomic E-state index is 12.0. The maximum Gasteiger partial charge on any atom is 0.181 e. The number of carbonyl (C=O) groups excluding carboxylic acids is 1. The van der Waals surface area contributed by atoms with E-state index in [1.54, 1.807) is 0 Å². The molecule has 2 aliphatic rings. The van der Waals surface area contributed by atoms with Crippen LogP contribution < -0.4 is 0 Å². The van der Waals surface area contributed by atoms with Gasteiger partial charge in [-0.2, -0.15) is 0 Å². The van der Waals surface area contributed by atoms with Gasteiger partial charge in [-0.15, -0.1) is 0 Å². The minimum Gasteiger partial charge on any atom is -0.378 e. The summed E-state index contributed by atoms with van der Waals surface area (Å²) < 4.78 is 0. The molecule has 2 heterocycles. The fourth-order valence-electron chi connectivity index (χ4n) is 2.56. The Balaban J connectivity index is 1.79. The molecule has 1 N–H and O–H groups in total. The number of aliphatic hydroxyl groups is 1. The minimum absolute atomic E-state index is 0.0591. The van der Waals surface area contributed by atoms with E-state index < -0.39 is 6.23 Å². The highest BCUT2D eigenvalue weighted by Crippen LogP contribution is 2.43. The molecule has 15 heavy (non-hydrogen) atoms. The predicted molar refractivity (Wildman–Crippen MR) is 55.4 cm³/mol. The van der Waals surface area contributed by atoms with Gasteiger partial charge in [-0.3, -0.25) is 9.69 Å². The number of ketones is 1. The van der Waals surface area contributed by atoms with E-state index in [1.165, 1.54) is 0 Å². The van der Waals surface area contributed by atoms with Crippen molar-refractivity contribution in [3.05, 3.63) is 35.9 Å². The van der Waals surface area contributed by atoms with E-state index in [0.717, 1.165) is 18.4 Å². The van der Waals surface area contributed by atoms with Crippen LogP contribution in [0.15, 0.2) is 30.3 Å². The number of aliphatic hydroxyl groups excluding tert-OH is 1. The van der Waals surface area contributed by atoms with Crippen molar-refractivity contribution in [2.24, 2.45) is 0 Å². The van der Waals surface area contributed by atoms with Crippen LogP contribution in [0, 0.1) is 0 Å². The van der Waals surface area contributed by atoms with Crippen LogP contribution >= 0.6 is 0 Å². The van der Waals surface area contributed by atoms with E-state index in [0.29, 0.717) is 6.04 Å². The third-order valence-electron chi connectivity index (χ3n) is 3.37. The molecular weight excluding hydrogens is 190 g/mol. The molecule has 3 rings (SSSR count). The average Bonchev–Trinajstić information content (AvgIpc) is 2.90. The summed E-state index contributed by atoms with van der Waals surface area (Å²) in [6.45, 7) is 0. The van der Waals surface area contributed by atoms with Gasteiger partial charge in [-0.05, 0) is 12.8 Å². The molecule has 0 bridgehead atoms. The summed E-state index contributed by atoms with van der Waals surface area (Å²) in [5, 5.41) is 9.58. The number of Topliss-reactive ketones (excluding diaryl/α,β-unsaturated/α-hetero) is 1. The molecule has 2 aliphatic heterocycles. The van der Waals surface area contributed by atoms with E-state index in [9.17, 15) is 9.90 Å². The molecule has 78 valence electrons. The Morgan fingerprint density at radius 1 is 1.27 bits per heavy atom. The zero-order valence-electron chi connectivity index (χ0n) is 8.34. The van der Waals surface area contributed by atoms with Crippen LogP contribution in [0.3, 0.4) is 0 Å². The molecule has 0 aliphatic carbocycles. The molecule has 3 nitrogen and oxygen atoms in total. The summed E-state index contributed by atoms with van der Waals surface area (Å²) in [7, 11) is 0. The molecule has 2 fully saturated rings. The van der Waals surface area contributed by atoms with E-state index in [2.05, 4.69) is 0 Å². The highest BCUT2D eigenvalue weighted by Gasteiger charge is 2.58. The molecule has 0 spiro atoms. The standard InChI is InChI=1S/C12H13NO2/c14-10-7-6-9-11(13(9)10)12(15)8-4-2-1-3-5-8/h1-5,9-11,14H,6-7H2. The monoisotopic (exact) mass is 203 g/mol. The first-order valence-corrected chi connectivity index (χ1v) is 5.34. The van der Waals surface area contributed by atoms with Crippen LogP contribution in [0.2, 0.25) is 0 Å². The van der Waals surface area contributed by atoms with Crippen molar-refractivity contribution in [3.8, 4) is 0 Å². The number of hydrogen-bond donors (Lipinski definition) is 1. The van der Waals surface area contributed by atoms with Gasteiger partial charge in [0, 0.05) is 11.6 Å². The maximum atomic E-state index is 12.0. The van der Waals surface area contributed by atoms with Crippen molar-refractivity contribution in [2.75, 3.05) is 0 Å². The van der Waals surface area contributed by atoms with Gasteiger partial charge in [0.25, 0.3) is 0 Å². The first-order valence-electron chi connectivity index (χ1n) is 5.34. The lowest BCUT2D eigenvalue weighted by Crippen LogP contribution is -2.22. The second-order valence-electron chi connectivity index (χ2n) is 4.25. The Morgan fingerprint density at radius 2 is 2.00 bits per heavy atom. The normalized spacial score (nSPS) is 37.4. The molecule has 0 amide bonds. The van der Waals surface area contributed by atoms with Crippen LogP contribution in [-0.4, -0.2) is 34.1 Å². The Hall–Kier alpha value is -1.19. The number of rotatable bonds is 2. The molecule has 2 saturated heterocycles. The summed E-state index contributed by atoms with van der Waals surface area (Å²) in [5.74, 6) is 0.152. The smallest absolute Gasteiger partial charge is 0.181 e. The number of benzene rings is 1. The van der Waals surface area contributed by atoms with Gasteiger partial charge in [0.1, 0.15) is 6.23 Å². The second kappa shape index (κ2) is 3.15. The summed E-state index contributed by atoms with van der Waals surface area (Å²) in [5.41, 5.74) is 0.754. The molecule has 4 unspecified atom stereocenters. The molecule has 1 aromatic rings. The number of carbonyl (C=O) groups is 1. The number of hydrogen-bond acceptors (Lipinski definition) is 3. The van der Waals surface area contributed by atoms with E-state index in [4.69, 9.17) is 0 Å². The van der Waals surface area contributed by atoms with Crippen LogP contribution in [0.4, 0.5) is 0 Å². The topological polar surface area (TPSA) is 40.3 Å². The van der Waals surface area contributed by atoms with Gasteiger partial charge in [0.2, 0.25) is 0 Å². The second-order valence-corrected chi connectivity index (χ2v) is 4.25. The summed E-state index contributed by atoms with van der Waals surface area (Å²) in [6, 6.07) is 9.56. The van der Waals surface area contributed by atoms with Crippen LogP contribution in [0.5, 0.6) is 0 Å². The van der Waals surface area contributed by atoms with Crippen LogP contribution in [0.25, 0.3) is 0 Å². The van der Waals surface area contributed by atoms with Crippen LogP contribution in [-0.2, 0) is 0 Å². The van der Waals surface area contributed by atoms with E-state index in [-0.39, 0.29) is 11.8 Å². The predicted octanol–water partition coefficient (Wildman–Crippen LogP) is 1.03. The third-order valence-corrected chi connectivity index (χ3v) is 3.37. The van der Waals surface area contributed by atoms with E-state index in [1.807, 2.05) is 35.2 Å². The highest BCUT2D eigenvalue weighted by atomic mass is 16.3. The Morgan fingerprint density at radius 3 is 2.60 bits per heavy atom. The van der Waals surface area contributed by atoms with Crippen molar-refractivity contribution in [1.82, 2.24) is 4.90 Å². The number of piperidine rings is 1. The lowest BCUT2D eigenvalue weighted by molar-refractivity contribution is 0.0723. The van der Waals surface area contributed by atoms with Gasteiger partial charge in [0.15, 0.2) is 5.78 Å². The van der Waals surface area contributed by atoms with Gasteiger partial charge < -0.3 is 5.11 Å². The quantitative estimate of drug-likeness (QED) is 0.576. The average molecular weight is 203 g/mol. The Labute approximate surface area is 88.3 Å². The summed E-state index contributed by atoms with van der Waals surface area (Å²) in [6.07, 6.45) is 1.36. The Bertz CT molecular complexity index is 390. The fraction of sp³-hybridized carbons (Fsp3) is 0.417. The van der Waals surface area contributed by atoms with Gasteiger partial charge in [-0.25, -0.2) is 0 Å². The molecule has 1 aromatic carbocycles. The van der Waals surface area contributed by atoms with Gasteiger partial charge >= 0.3 is 0 Å². The van der Waals surface area contributed by atoms with Gasteiger partial charge in [-0.1, -0.05) is 30.3 Å². The zero-order chi connectivity index (χ0) is 10.4. The largest absolute Gasteiger partial charge is 0.378 e.